The standard InChI is InChI=1S/C12H17NO2/c1-9-6-5-7-10(13(9)15)8-11(14)12(2,3)4/h5-7H,8H2,1-4H3. The summed E-state index contributed by atoms with van der Waals surface area (Å²) in [5, 5.41) is 11.6. The number of nitrogens with zero attached hydrogens (tertiary/aromatic N) is 1. The number of rotatable bonds is 2. The molecule has 0 aliphatic rings. The van der Waals surface area contributed by atoms with Crippen molar-refractivity contribution >= 4 is 5.78 Å². The van der Waals surface area contributed by atoms with Gasteiger partial charge in [-0.2, -0.15) is 4.73 Å². The second kappa shape index (κ2) is 4.01. The van der Waals surface area contributed by atoms with Crippen LogP contribution in [0.15, 0.2) is 18.2 Å². The van der Waals surface area contributed by atoms with Crippen molar-refractivity contribution < 1.29 is 9.52 Å². The average molecular weight is 207 g/mol. The van der Waals surface area contributed by atoms with Crippen molar-refractivity contribution in [2.45, 2.75) is 34.1 Å². The number of hydrogen-bond donors (Lipinski definition) is 0. The van der Waals surface area contributed by atoms with E-state index in [0.717, 1.165) is 4.73 Å². The number of pyridine rings is 1. The van der Waals surface area contributed by atoms with Crippen LogP contribution in [-0.2, 0) is 11.2 Å². The molecule has 1 heterocycles. The lowest BCUT2D eigenvalue weighted by Crippen LogP contribution is -2.37. The summed E-state index contributed by atoms with van der Waals surface area (Å²) in [6.07, 6.45) is 0.203. The van der Waals surface area contributed by atoms with E-state index < -0.39 is 5.41 Å². The SMILES string of the molecule is Cc1cccc(CC(=O)C(C)(C)C)[n+]1[O-]. The van der Waals surface area contributed by atoms with Gasteiger partial charge in [-0.25, -0.2) is 0 Å². The normalized spacial score (nSPS) is 11.5. The van der Waals surface area contributed by atoms with Crippen molar-refractivity contribution in [3.63, 3.8) is 0 Å². The molecule has 82 valence electrons. The van der Waals surface area contributed by atoms with Crippen LogP contribution >= 0.6 is 0 Å². The predicted molar refractivity (Wildman–Crippen MR) is 58.3 cm³/mol. The summed E-state index contributed by atoms with van der Waals surface area (Å²) >= 11 is 0. The molecule has 0 aliphatic carbocycles. The third-order valence-electron chi connectivity index (χ3n) is 2.39. The average Bonchev–Trinajstić information content (AvgIpc) is 2.11. The van der Waals surface area contributed by atoms with Crippen LogP contribution in [0, 0.1) is 17.5 Å². The quantitative estimate of drug-likeness (QED) is 0.548. The molecule has 1 aromatic heterocycles. The van der Waals surface area contributed by atoms with Gasteiger partial charge in [0, 0.05) is 24.5 Å². The molecule has 0 spiro atoms. The van der Waals surface area contributed by atoms with Crippen LogP contribution in [0.3, 0.4) is 0 Å². The topological polar surface area (TPSA) is 44.0 Å². The lowest BCUT2D eigenvalue weighted by molar-refractivity contribution is -0.620. The van der Waals surface area contributed by atoms with Gasteiger partial charge in [-0.15, -0.1) is 0 Å². The number of aromatic nitrogens is 1. The number of carbonyl (C=O) groups is 1. The van der Waals surface area contributed by atoms with Crippen LogP contribution in [0.1, 0.15) is 32.2 Å². The largest absolute Gasteiger partial charge is 0.618 e. The summed E-state index contributed by atoms with van der Waals surface area (Å²) in [5.74, 6) is 0.0812. The minimum Gasteiger partial charge on any atom is -0.618 e. The molecule has 0 saturated heterocycles. The highest BCUT2D eigenvalue weighted by molar-refractivity contribution is 5.85. The molecule has 3 heteroatoms. The van der Waals surface area contributed by atoms with Crippen molar-refractivity contribution in [2.24, 2.45) is 5.41 Å². The first-order valence-corrected chi connectivity index (χ1v) is 5.04. The van der Waals surface area contributed by atoms with Crippen LogP contribution in [0.2, 0.25) is 0 Å². The number of Topliss-reactive ketones (excluding diaryl/α,β-unsaturated/α-hetero) is 1. The molecule has 15 heavy (non-hydrogen) atoms. The molecule has 1 aromatic rings. The van der Waals surface area contributed by atoms with Crippen LogP contribution in [0.25, 0.3) is 0 Å². The Morgan fingerprint density at radius 1 is 1.40 bits per heavy atom. The molecular weight excluding hydrogens is 190 g/mol. The third-order valence-corrected chi connectivity index (χ3v) is 2.39. The molecule has 0 saturated carbocycles. The zero-order chi connectivity index (χ0) is 11.6. The van der Waals surface area contributed by atoms with Crippen LogP contribution in [0.4, 0.5) is 0 Å². The first-order chi connectivity index (χ1) is 6.82. The van der Waals surface area contributed by atoms with Gasteiger partial charge in [-0.3, -0.25) is 4.79 Å². The van der Waals surface area contributed by atoms with E-state index in [2.05, 4.69) is 0 Å². The maximum absolute atomic E-state index is 11.7. The van der Waals surface area contributed by atoms with E-state index in [1.165, 1.54) is 0 Å². The van der Waals surface area contributed by atoms with Gasteiger partial charge >= 0.3 is 0 Å². The van der Waals surface area contributed by atoms with E-state index >= 15 is 0 Å². The lowest BCUT2D eigenvalue weighted by atomic mass is 9.88. The van der Waals surface area contributed by atoms with Crippen molar-refractivity contribution in [1.29, 1.82) is 0 Å². The lowest BCUT2D eigenvalue weighted by Gasteiger charge is -2.16. The highest BCUT2D eigenvalue weighted by Crippen LogP contribution is 2.16. The minimum absolute atomic E-state index is 0.0812. The Bertz CT molecular complexity index is 378. The van der Waals surface area contributed by atoms with Crippen LogP contribution in [0.5, 0.6) is 0 Å². The molecule has 0 amide bonds. The molecule has 3 nitrogen and oxygen atoms in total. The summed E-state index contributed by atoms with van der Waals surface area (Å²) in [6.45, 7) is 7.32. The van der Waals surface area contributed by atoms with E-state index in [-0.39, 0.29) is 12.2 Å². The summed E-state index contributed by atoms with van der Waals surface area (Å²) in [6, 6.07) is 5.23. The summed E-state index contributed by atoms with van der Waals surface area (Å²) in [5.41, 5.74) is 0.751. The Kier molecular flexibility index (Phi) is 3.12. The zero-order valence-corrected chi connectivity index (χ0v) is 9.70. The van der Waals surface area contributed by atoms with E-state index in [9.17, 15) is 10.0 Å². The molecule has 1 rings (SSSR count). The monoisotopic (exact) mass is 207 g/mol. The number of carbonyl (C=O) groups excluding carboxylic acids is 1. The van der Waals surface area contributed by atoms with Gasteiger partial charge in [0.15, 0.2) is 11.4 Å². The highest BCUT2D eigenvalue weighted by Gasteiger charge is 2.24. The minimum atomic E-state index is -0.392. The van der Waals surface area contributed by atoms with Gasteiger partial charge < -0.3 is 5.21 Å². The molecule has 0 bridgehead atoms. The van der Waals surface area contributed by atoms with Gasteiger partial charge in [-0.05, 0) is 6.07 Å². The summed E-state index contributed by atoms with van der Waals surface area (Å²) in [7, 11) is 0. The maximum atomic E-state index is 11.7. The second-order valence-corrected chi connectivity index (χ2v) is 4.80. The fourth-order valence-corrected chi connectivity index (χ4v) is 1.22. The van der Waals surface area contributed by atoms with Gasteiger partial charge in [0.05, 0.1) is 6.42 Å². The van der Waals surface area contributed by atoms with Crippen molar-refractivity contribution in [3.8, 4) is 0 Å². The first kappa shape index (κ1) is 11.7. The van der Waals surface area contributed by atoms with Crippen LogP contribution < -0.4 is 4.73 Å². The molecule has 0 radical (unpaired) electrons. The smallest absolute Gasteiger partial charge is 0.200 e. The summed E-state index contributed by atoms with van der Waals surface area (Å²) in [4.78, 5) is 11.7. The van der Waals surface area contributed by atoms with Crippen molar-refractivity contribution in [2.75, 3.05) is 0 Å². The number of hydrogen-bond acceptors (Lipinski definition) is 2. The zero-order valence-electron chi connectivity index (χ0n) is 9.70. The fraction of sp³-hybridized carbons (Fsp3) is 0.500. The molecule has 0 N–H and O–H groups in total. The Hall–Kier alpha value is -1.38. The first-order valence-electron chi connectivity index (χ1n) is 5.04. The Balaban J connectivity index is 2.91. The molecule has 0 fully saturated rings. The highest BCUT2D eigenvalue weighted by atomic mass is 16.5. The van der Waals surface area contributed by atoms with Crippen LogP contribution in [-0.4, -0.2) is 5.78 Å². The Morgan fingerprint density at radius 2 is 2.00 bits per heavy atom. The Morgan fingerprint density at radius 3 is 2.53 bits per heavy atom. The number of aryl methyl sites for hydroxylation is 1. The Labute approximate surface area is 90.3 Å². The van der Waals surface area contributed by atoms with E-state index in [1.54, 1.807) is 25.1 Å². The van der Waals surface area contributed by atoms with Gasteiger partial charge in [0.1, 0.15) is 5.78 Å². The maximum Gasteiger partial charge on any atom is 0.200 e. The molecule has 0 aromatic carbocycles. The van der Waals surface area contributed by atoms with E-state index in [4.69, 9.17) is 0 Å². The predicted octanol–water partition coefficient (Wildman–Crippen LogP) is 1.79. The van der Waals surface area contributed by atoms with E-state index in [1.807, 2.05) is 20.8 Å². The van der Waals surface area contributed by atoms with Crippen molar-refractivity contribution in [1.82, 2.24) is 0 Å². The fourth-order valence-electron chi connectivity index (χ4n) is 1.22. The number of ketones is 1. The van der Waals surface area contributed by atoms with Crippen molar-refractivity contribution in [3.05, 3.63) is 34.8 Å². The van der Waals surface area contributed by atoms with Gasteiger partial charge in [-0.1, -0.05) is 20.8 Å². The molecule has 0 unspecified atom stereocenters. The van der Waals surface area contributed by atoms with E-state index in [0.29, 0.717) is 11.4 Å². The molecule has 0 aliphatic heterocycles. The molecular formula is C12H17NO2. The van der Waals surface area contributed by atoms with Gasteiger partial charge in [0.2, 0.25) is 0 Å². The second-order valence-electron chi connectivity index (χ2n) is 4.80. The molecule has 0 atom stereocenters. The van der Waals surface area contributed by atoms with Gasteiger partial charge in [0.25, 0.3) is 0 Å². The third kappa shape index (κ3) is 2.78. The summed E-state index contributed by atoms with van der Waals surface area (Å²) < 4.78 is 0.823.